The molecular weight excluding hydrogens is 540 g/mol. The number of likely N-dealkylation sites (N-methyl/N-ethyl adjacent to an activating group) is 1. The van der Waals surface area contributed by atoms with Gasteiger partial charge in [0.25, 0.3) is 5.91 Å². The minimum absolute atomic E-state index is 0.127. The van der Waals surface area contributed by atoms with E-state index < -0.39 is 0 Å². The quantitative estimate of drug-likeness (QED) is 0.234. The van der Waals surface area contributed by atoms with Crippen LogP contribution in [0.5, 0.6) is 5.75 Å². The second-order valence-electron chi connectivity index (χ2n) is 8.10. The van der Waals surface area contributed by atoms with Crippen molar-refractivity contribution in [3.63, 3.8) is 0 Å². The molecule has 8 heteroatoms. The Morgan fingerprint density at radius 1 is 1.08 bits per heavy atom. The van der Waals surface area contributed by atoms with E-state index in [1.54, 1.807) is 38.2 Å². The molecule has 0 bridgehead atoms. The Hall–Kier alpha value is -3.36. The maximum absolute atomic E-state index is 12.8. The first kappa shape index (κ1) is 25.7. The van der Waals surface area contributed by atoms with Gasteiger partial charge in [0.2, 0.25) is 0 Å². The van der Waals surface area contributed by atoms with E-state index in [2.05, 4.69) is 52.1 Å². The van der Waals surface area contributed by atoms with Crippen LogP contribution in [0.1, 0.15) is 34.0 Å². The summed E-state index contributed by atoms with van der Waals surface area (Å²) in [5, 5.41) is 0.562. The number of amides is 1. The average molecular weight is 565 g/mol. The number of esters is 1. The van der Waals surface area contributed by atoms with Crippen LogP contribution in [-0.2, 0) is 16.1 Å². The van der Waals surface area contributed by atoms with Crippen molar-refractivity contribution in [2.75, 3.05) is 13.7 Å². The summed E-state index contributed by atoms with van der Waals surface area (Å²) in [5.74, 6) is 0.230. The molecule has 1 saturated heterocycles. The number of amidine groups is 1. The van der Waals surface area contributed by atoms with E-state index in [9.17, 15) is 9.59 Å². The first-order valence-corrected chi connectivity index (χ1v) is 13.0. The van der Waals surface area contributed by atoms with Crippen LogP contribution in [-0.4, -0.2) is 35.6 Å². The zero-order valence-corrected chi connectivity index (χ0v) is 22.6. The van der Waals surface area contributed by atoms with Crippen LogP contribution in [0.25, 0.3) is 6.08 Å². The number of carbonyl (C=O) groups is 2. The summed E-state index contributed by atoms with van der Waals surface area (Å²) in [7, 11) is 1.69. The van der Waals surface area contributed by atoms with Gasteiger partial charge in [-0.2, -0.15) is 0 Å². The molecule has 36 heavy (non-hydrogen) atoms. The molecule has 0 N–H and O–H groups in total. The normalized spacial score (nSPS) is 15.6. The Bertz CT molecular complexity index is 1330. The lowest BCUT2D eigenvalue weighted by atomic mass is 10.1. The van der Waals surface area contributed by atoms with E-state index in [1.165, 1.54) is 22.2 Å². The predicted molar refractivity (Wildman–Crippen MR) is 147 cm³/mol. The van der Waals surface area contributed by atoms with Crippen LogP contribution < -0.4 is 4.74 Å². The van der Waals surface area contributed by atoms with Gasteiger partial charge in [0.1, 0.15) is 12.4 Å². The van der Waals surface area contributed by atoms with Crippen molar-refractivity contribution in [3.8, 4) is 5.75 Å². The van der Waals surface area contributed by atoms with Crippen molar-refractivity contribution in [2.45, 2.75) is 20.5 Å². The molecule has 3 aromatic rings. The lowest BCUT2D eigenvalue weighted by Gasteiger charge is -2.09. The number of ether oxygens (including phenoxy) is 2. The van der Waals surface area contributed by atoms with Crippen molar-refractivity contribution in [1.82, 2.24) is 4.90 Å². The molecule has 6 nitrogen and oxygen atoms in total. The summed E-state index contributed by atoms with van der Waals surface area (Å²) in [6.07, 6.45) is 1.84. The lowest BCUT2D eigenvalue weighted by Crippen LogP contribution is -2.23. The Kier molecular flexibility index (Phi) is 8.28. The van der Waals surface area contributed by atoms with E-state index >= 15 is 0 Å². The maximum atomic E-state index is 12.8. The first-order chi connectivity index (χ1) is 17.3. The van der Waals surface area contributed by atoms with Crippen molar-refractivity contribution in [3.05, 3.63) is 98.4 Å². The third kappa shape index (κ3) is 6.25. The molecule has 0 aromatic heterocycles. The Balaban J connectivity index is 1.45. The highest BCUT2D eigenvalue weighted by Crippen LogP contribution is 2.34. The van der Waals surface area contributed by atoms with Gasteiger partial charge in [-0.05, 0) is 95.1 Å². The van der Waals surface area contributed by atoms with Crippen LogP contribution >= 0.6 is 27.7 Å². The number of nitrogens with zero attached hydrogens (tertiary/aromatic N) is 2. The number of carbonyl (C=O) groups excluding carboxylic acids is 2. The molecule has 4 rings (SSSR count). The van der Waals surface area contributed by atoms with Gasteiger partial charge in [0.05, 0.1) is 27.2 Å². The zero-order chi connectivity index (χ0) is 25.7. The number of aryl methyl sites for hydroxylation is 1. The standard InChI is InChI=1S/C28H25BrN2O4S/c1-4-34-27(33)21-10-12-22(13-11-21)30-28-31(3)26(32)25(36-28)16-20-9-14-24(23(29)15-20)35-17-19-7-5-18(2)6-8-19/h5-16H,4,17H2,1-3H3/b25-16-,30-28?. The van der Waals surface area contributed by atoms with Gasteiger partial charge < -0.3 is 9.47 Å². The van der Waals surface area contributed by atoms with E-state index in [-0.39, 0.29) is 11.9 Å². The summed E-state index contributed by atoms with van der Waals surface area (Å²) in [6, 6.07) is 20.7. The molecule has 0 saturated carbocycles. The third-order valence-electron chi connectivity index (χ3n) is 5.38. The first-order valence-electron chi connectivity index (χ1n) is 11.4. The van der Waals surface area contributed by atoms with Crippen LogP contribution in [0.2, 0.25) is 0 Å². The molecule has 1 fully saturated rings. The van der Waals surface area contributed by atoms with Gasteiger partial charge in [0, 0.05) is 7.05 Å². The lowest BCUT2D eigenvalue weighted by molar-refractivity contribution is -0.121. The van der Waals surface area contributed by atoms with Gasteiger partial charge in [-0.1, -0.05) is 35.9 Å². The topological polar surface area (TPSA) is 68.2 Å². The smallest absolute Gasteiger partial charge is 0.338 e. The maximum Gasteiger partial charge on any atom is 0.338 e. The Morgan fingerprint density at radius 2 is 1.81 bits per heavy atom. The molecule has 0 unspecified atom stereocenters. The highest BCUT2D eigenvalue weighted by molar-refractivity contribution is 9.10. The second-order valence-corrected chi connectivity index (χ2v) is 9.96. The molecule has 184 valence electrons. The molecule has 3 aromatic carbocycles. The fourth-order valence-electron chi connectivity index (χ4n) is 3.37. The van der Waals surface area contributed by atoms with Crippen LogP contribution in [0.4, 0.5) is 5.69 Å². The summed E-state index contributed by atoms with van der Waals surface area (Å²) in [5.41, 5.74) is 4.28. The second kappa shape index (κ2) is 11.6. The van der Waals surface area contributed by atoms with Crippen LogP contribution in [0.15, 0.2) is 81.1 Å². The van der Waals surface area contributed by atoms with Gasteiger partial charge in [-0.15, -0.1) is 0 Å². The monoisotopic (exact) mass is 564 g/mol. The number of benzene rings is 3. The highest BCUT2D eigenvalue weighted by Gasteiger charge is 2.30. The number of hydrogen-bond acceptors (Lipinski definition) is 6. The van der Waals surface area contributed by atoms with Crippen LogP contribution in [0, 0.1) is 6.92 Å². The minimum atomic E-state index is -0.373. The highest BCUT2D eigenvalue weighted by atomic mass is 79.9. The molecule has 0 aliphatic carbocycles. The summed E-state index contributed by atoms with van der Waals surface area (Å²) in [6.45, 7) is 4.61. The molecule has 1 aliphatic heterocycles. The average Bonchev–Trinajstić information content (AvgIpc) is 3.12. The fourth-order valence-corrected chi connectivity index (χ4v) is 4.87. The SMILES string of the molecule is CCOC(=O)c1ccc(N=C2S/C(=C\c3ccc(OCc4ccc(C)cc4)c(Br)c3)C(=O)N2C)cc1. The van der Waals surface area contributed by atoms with E-state index in [0.29, 0.717) is 34.5 Å². The van der Waals surface area contributed by atoms with E-state index in [0.717, 1.165) is 21.3 Å². The Labute approximate surface area is 223 Å². The van der Waals surface area contributed by atoms with Crippen molar-refractivity contribution in [1.29, 1.82) is 0 Å². The summed E-state index contributed by atoms with van der Waals surface area (Å²) in [4.78, 5) is 31.3. The molecule has 1 heterocycles. The fraction of sp³-hybridized carbons (Fsp3) is 0.179. The van der Waals surface area contributed by atoms with E-state index in [1.807, 2.05) is 24.3 Å². The molecular formula is C28H25BrN2O4S. The summed E-state index contributed by atoms with van der Waals surface area (Å²) >= 11 is 4.88. The van der Waals surface area contributed by atoms with Crippen molar-refractivity contribution in [2.24, 2.45) is 4.99 Å². The number of rotatable bonds is 7. The van der Waals surface area contributed by atoms with Crippen molar-refractivity contribution >= 4 is 56.5 Å². The largest absolute Gasteiger partial charge is 0.488 e. The minimum Gasteiger partial charge on any atom is -0.488 e. The zero-order valence-electron chi connectivity index (χ0n) is 20.2. The van der Waals surface area contributed by atoms with Crippen LogP contribution in [0.3, 0.4) is 0 Å². The van der Waals surface area contributed by atoms with Crippen molar-refractivity contribution < 1.29 is 19.1 Å². The molecule has 0 spiro atoms. The summed E-state index contributed by atoms with van der Waals surface area (Å²) < 4.78 is 11.8. The van der Waals surface area contributed by atoms with Gasteiger partial charge in [0.15, 0.2) is 5.17 Å². The Morgan fingerprint density at radius 3 is 2.47 bits per heavy atom. The molecule has 1 aliphatic rings. The number of thioether (sulfide) groups is 1. The van der Waals surface area contributed by atoms with E-state index in [4.69, 9.17) is 9.47 Å². The van der Waals surface area contributed by atoms with Gasteiger partial charge >= 0.3 is 5.97 Å². The molecule has 1 amide bonds. The number of aliphatic imine (C=N–C) groups is 1. The molecule has 0 atom stereocenters. The van der Waals surface area contributed by atoms with Gasteiger partial charge in [-0.3, -0.25) is 9.69 Å². The van der Waals surface area contributed by atoms with Gasteiger partial charge in [-0.25, -0.2) is 9.79 Å². The number of hydrogen-bond donors (Lipinski definition) is 0. The number of halogens is 1. The predicted octanol–water partition coefficient (Wildman–Crippen LogP) is 6.75. The third-order valence-corrected chi connectivity index (χ3v) is 7.06. The molecule has 0 radical (unpaired) electrons.